The Morgan fingerprint density at radius 2 is 2.00 bits per heavy atom. The summed E-state index contributed by atoms with van der Waals surface area (Å²) in [6.45, 7) is 5.42. The topological polar surface area (TPSA) is 52.0 Å². The molecule has 0 radical (unpaired) electrons. The highest BCUT2D eigenvalue weighted by molar-refractivity contribution is 5.85. The quantitative estimate of drug-likeness (QED) is 0.577. The summed E-state index contributed by atoms with van der Waals surface area (Å²) in [4.78, 5) is 0. The normalized spacial score (nSPS) is 7.22. The molecule has 0 bridgehead atoms. The third kappa shape index (κ3) is 5.24. The molecule has 0 aliphatic carbocycles. The molecule has 0 rings (SSSR count). The van der Waals surface area contributed by atoms with Crippen LogP contribution in [-0.4, -0.2) is 0 Å². The molecule has 0 saturated heterocycles. The number of nitrogens with two attached hydrogens (primary N) is 2. The number of halogens is 1. The van der Waals surface area contributed by atoms with Gasteiger partial charge in [0.2, 0.25) is 0 Å². The zero-order chi connectivity index (χ0) is 6.57. The van der Waals surface area contributed by atoms with E-state index in [0.29, 0.717) is 5.82 Å². The zero-order valence-corrected chi connectivity index (χ0v) is 6.37. The molecule has 0 heterocycles. The van der Waals surface area contributed by atoms with Gasteiger partial charge in [-0.3, -0.25) is 0 Å². The average molecular weight is 149 g/mol. The molecule has 0 unspecified atom stereocenters. The Balaban J connectivity index is 0. The van der Waals surface area contributed by atoms with E-state index in [-0.39, 0.29) is 12.4 Å². The fraction of sp³-hybridized carbons (Fsp3) is 0.333. The van der Waals surface area contributed by atoms with Crippen molar-refractivity contribution in [1.82, 2.24) is 0 Å². The smallest absolute Gasteiger partial charge is 0.0925 e. The summed E-state index contributed by atoms with van der Waals surface area (Å²) in [5, 5.41) is 0. The van der Waals surface area contributed by atoms with Crippen molar-refractivity contribution in [2.24, 2.45) is 11.5 Å². The minimum atomic E-state index is 0. The number of allylic oxidation sites excluding steroid dienone is 2. The van der Waals surface area contributed by atoms with E-state index in [9.17, 15) is 0 Å². The molecular formula is C6H13ClN2. The highest BCUT2D eigenvalue weighted by atomic mass is 35.5. The summed E-state index contributed by atoms with van der Waals surface area (Å²) in [6, 6.07) is 0. The van der Waals surface area contributed by atoms with Crippen molar-refractivity contribution in [3.05, 3.63) is 24.0 Å². The van der Waals surface area contributed by atoms with Gasteiger partial charge in [-0.15, -0.1) is 19.0 Å². The molecule has 0 saturated carbocycles. The lowest BCUT2D eigenvalue weighted by Gasteiger charge is -1.95. The summed E-state index contributed by atoms with van der Waals surface area (Å²) in [5.74, 6) is 0.407. The van der Waals surface area contributed by atoms with Crippen LogP contribution in [0, 0.1) is 0 Å². The van der Waals surface area contributed by atoms with E-state index in [2.05, 4.69) is 6.58 Å². The lowest BCUT2D eigenvalue weighted by atomic mass is 10.2. The van der Waals surface area contributed by atoms with Crippen molar-refractivity contribution in [2.45, 2.75) is 13.3 Å². The standard InChI is InChI=1S/C6H12N2.ClH/c1-3-4-5(2)6(7)8;/h3H,1,4,7-8H2,2H3;1H. The Hall–Kier alpha value is -0.630. The van der Waals surface area contributed by atoms with Gasteiger partial charge in [0.05, 0.1) is 5.82 Å². The van der Waals surface area contributed by atoms with Crippen molar-refractivity contribution < 1.29 is 0 Å². The molecule has 4 N–H and O–H groups in total. The lowest BCUT2D eigenvalue weighted by molar-refractivity contribution is 1.09. The zero-order valence-electron chi connectivity index (χ0n) is 5.55. The first kappa shape index (κ1) is 11.2. The predicted molar refractivity (Wildman–Crippen MR) is 43.1 cm³/mol. The van der Waals surface area contributed by atoms with Gasteiger partial charge in [0.15, 0.2) is 0 Å². The van der Waals surface area contributed by atoms with E-state index >= 15 is 0 Å². The van der Waals surface area contributed by atoms with Gasteiger partial charge in [0.25, 0.3) is 0 Å². The van der Waals surface area contributed by atoms with Gasteiger partial charge in [-0.2, -0.15) is 0 Å². The van der Waals surface area contributed by atoms with Crippen molar-refractivity contribution in [3.63, 3.8) is 0 Å². The van der Waals surface area contributed by atoms with Gasteiger partial charge in [0.1, 0.15) is 0 Å². The Morgan fingerprint density at radius 3 is 2.11 bits per heavy atom. The largest absolute Gasteiger partial charge is 0.386 e. The Kier molecular flexibility index (Phi) is 6.85. The fourth-order valence-corrected chi connectivity index (χ4v) is 0.334. The van der Waals surface area contributed by atoms with Crippen LogP contribution in [0.4, 0.5) is 0 Å². The average Bonchev–Trinajstić information content (AvgIpc) is 1.67. The van der Waals surface area contributed by atoms with E-state index in [0.717, 1.165) is 12.0 Å². The van der Waals surface area contributed by atoms with E-state index in [1.807, 2.05) is 6.92 Å². The molecule has 9 heavy (non-hydrogen) atoms. The van der Waals surface area contributed by atoms with Gasteiger partial charge in [-0.1, -0.05) is 6.08 Å². The van der Waals surface area contributed by atoms with Crippen molar-refractivity contribution >= 4 is 12.4 Å². The van der Waals surface area contributed by atoms with Crippen LogP contribution in [0.1, 0.15) is 13.3 Å². The monoisotopic (exact) mass is 148 g/mol. The second kappa shape index (κ2) is 5.51. The Bertz CT molecular complexity index is 114. The molecule has 0 aromatic carbocycles. The van der Waals surface area contributed by atoms with Crippen LogP contribution in [0.5, 0.6) is 0 Å². The summed E-state index contributed by atoms with van der Waals surface area (Å²) >= 11 is 0. The maximum absolute atomic E-state index is 5.23. The summed E-state index contributed by atoms with van der Waals surface area (Å²) in [7, 11) is 0. The van der Waals surface area contributed by atoms with Crippen LogP contribution in [0.2, 0.25) is 0 Å². The molecular weight excluding hydrogens is 136 g/mol. The third-order valence-corrected chi connectivity index (χ3v) is 0.943. The first-order valence-electron chi connectivity index (χ1n) is 2.50. The van der Waals surface area contributed by atoms with E-state index in [1.54, 1.807) is 6.08 Å². The molecule has 0 amide bonds. The van der Waals surface area contributed by atoms with Crippen molar-refractivity contribution in [1.29, 1.82) is 0 Å². The molecule has 0 aliphatic heterocycles. The van der Waals surface area contributed by atoms with Crippen molar-refractivity contribution in [2.75, 3.05) is 0 Å². The van der Waals surface area contributed by atoms with Crippen LogP contribution in [0.15, 0.2) is 24.0 Å². The van der Waals surface area contributed by atoms with Crippen LogP contribution < -0.4 is 11.5 Å². The molecule has 0 atom stereocenters. The minimum absolute atomic E-state index is 0. The molecule has 54 valence electrons. The van der Waals surface area contributed by atoms with Crippen LogP contribution in [0.3, 0.4) is 0 Å². The first-order valence-corrected chi connectivity index (χ1v) is 2.50. The molecule has 0 aliphatic rings. The van der Waals surface area contributed by atoms with Crippen molar-refractivity contribution in [3.8, 4) is 0 Å². The highest BCUT2D eigenvalue weighted by Gasteiger charge is 1.86. The van der Waals surface area contributed by atoms with Gasteiger partial charge >= 0.3 is 0 Å². The maximum Gasteiger partial charge on any atom is 0.0925 e. The number of hydrogen-bond acceptors (Lipinski definition) is 2. The molecule has 0 aromatic heterocycles. The molecule has 0 aromatic rings. The second-order valence-electron chi connectivity index (χ2n) is 1.73. The van der Waals surface area contributed by atoms with E-state index < -0.39 is 0 Å². The van der Waals surface area contributed by atoms with Crippen LogP contribution in [0.25, 0.3) is 0 Å². The molecule has 3 heteroatoms. The Labute approximate surface area is 62.0 Å². The summed E-state index contributed by atoms with van der Waals surface area (Å²) in [5.41, 5.74) is 11.4. The van der Waals surface area contributed by atoms with E-state index in [4.69, 9.17) is 11.5 Å². The van der Waals surface area contributed by atoms with Gasteiger partial charge in [-0.25, -0.2) is 0 Å². The summed E-state index contributed by atoms with van der Waals surface area (Å²) in [6.07, 6.45) is 2.55. The molecule has 2 nitrogen and oxygen atoms in total. The van der Waals surface area contributed by atoms with Crippen LogP contribution in [-0.2, 0) is 0 Å². The fourth-order valence-electron chi connectivity index (χ4n) is 0.334. The maximum atomic E-state index is 5.23. The molecule has 0 spiro atoms. The molecule has 0 fully saturated rings. The lowest BCUT2D eigenvalue weighted by Crippen LogP contribution is -2.10. The number of rotatable bonds is 2. The number of hydrogen-bond donors (Lipinski definition) is 2. The summed E-state index contributed by atoms with van der Waals surface area (Å²) < 4.78 is 0. The van der Waals surface area contributed by atoms with Crippen LogP contribution >= 0.6 is 12.4 Å². The predicted octanol–water partition coefficient (Wildman–Crippen LogP) is 1.13. The van der Waals surface area contributed by atoms with Gasteiger partial charge < -0.3 is 11.5 Å². The second-order valence-corrected chi connectivity index (χ2v) is 1.73. The minimum Gasteiger partial charge on any atom is -0.386 e. The Morgan fingerprint density at radius 1 is 1.56 bits per heavy atom. The van der Waals surface area contributed by atoms with Gasteiger partial charge in [-0.05, 0) is 18.9 Å². The van der Waals surface area contributed by atoms with Gasteiger partial charge in [0, 0.05) is 0 Å². The SMILES string of the molecule is C=CCC(C)=C(N)N.Cl. The first-order chi connectivity index (χ1) is 3.68. The third-order valence-electron chi connectivity index (χ3n) is 0.943. The highest BCUT2D eigenvalue weighted by Crippen LogP contribution is 1.98. The van der Waals surface area contributed by atoms with E-state index in [1.165, 1.54) is 0 Å².